The van der Waals surface area contributed by atoms with Gasteiger partial charge in [-0.2, -0.15) is 0 Å². The molecule has 0 radical (unpaired) electrons. The van der Waals surface area contributed by atoms with Crippen molar-refractivity contribution in [1.82, 2.24) is 5.32 Å². The number of nitrogens with one attached hydrogen (secondary N) is 1. The van der Waals surface area contributed by atoms with Crippen molar-refractivity contribution in [3.63, 3.8) is 0 Å². The number of aliphatic hydroxyl groups excluding tert-OH is 1. The van der Waals surface area contributed by atoms with Crippen molar-refractivity contribution in [2.24, 2.45) is 0 Å². The van der Waals surface area contributed by atoms with Crippen molar-refractivity contribution in [3.8, 4) is 5.75 Å². The maximum Gasteiger partial charge on any atom is 0.126 e. The SMILES string of the molecule is Cc1ccccc1O[C@@H]1CCC[C@H](NCCc2ccccc2F)[C@H]1O. The summed E-state index contributed by atoms with van der Waals surface area (Å²) in [6.45, 7) is 2.65. The highest BCUT2D eigenvalue weighted by atomic mass is 19.1. The molecule has 0 aromatic heterocycles. The van der Waals surface area contributed by atoms with Crippen LogP contribution < -0.4 is 10.1 Å². The maximum absolute atomic E-state index is 13.7. The number of hydrogen-bond donors (Lipinski definition) is 2. The van der Waals surface area contributed by atoms with Crippen molar-refractivity contribution in [2.45, 2.75) is 50.9 Å². The second-order valence-electron chi connectivity index (χ2n) is 6.75. The highest BCUT2D eigenvalue weighted by Crippen LogP contribution is 2.26. The number of benzene rings is 2. The van der Waals surface area contributed by atoms with Gasteiger partial charge in [-0.25, -0.2) is 4.39 Å². The lowest BCUT2D eigenvalue weighted by Gasteiger charge is -2.35. The molecule has 3 nitrogen and oxygen atoms in total. The van der Waals surface area contributed by atoms with E-state index in [0.29, 0.717) is 18.5 Å². The molecule has 2 N–H and O–H groups in total. The monoisotopic (exact) mass is 343 g/mol. The number of hydrogen-bond acceptors (Lipinski definition) is 3. The summed E-state index contributed by atoms with van der Waals surface area (Å²) >= 11 is 0. The molecule has 1 saturated carbocycles. The zero-order valence-electron chi connectivity index (χ0n) is 14.6. The summed E-state index contributed by atoms with van der Waals surface area (Å²) in [4.78, 5) is 0. The average Bonchev–Trinajstić information content (AvgIpc) is 2.61. The Balaban J connectivity index is 1.54. The first kappa shape index (κ1) is 17.9. The van der Waals surface area contributed by atoms with E-state index in [9.17, 15) is 9.50 Å². The molecule has 3 rings (SSSR count). The zero-order chi connectivity index (χ0) is 17.6. The van der Waals surface area contributed by atoms with Gasteiger partial charge in [0.05, 0.1) is 0 Å². The summed E-state index contributed by atoms with van der Waals surface area (Å²) in [5, 5.41) is 14.1. The van der Waals surface area contributed by atoms with Gasteiger partial charge in [0.15, 0.2) is 0 Å². The van der Waals surface area contributed by atoms with Crippen LogP contribution in [0.4, 0.5) is 4.39 Å². The van der Waals surface area contributed by atoms with Crippen molar-refractivity contribution in [1.29, 1.82) is 0 Å². The van der Waals surface area contributed by atoms with Gasteiger partial charge in [0.2, 0.25) is 0 Å². The number of aliphatic hydroxyl groups is 1. The Kier molecular flexibility index (Phi) is 6.05. The molecule has 0 saturated heterocycles. The lowest BCUT2D eigenvalue weighted by atomic mass is 9.89. The van der Waals surface area contributed by atoms with Crippen molar-refractivity contribution in [3.05, 3.63) is 65.5 Å². The minimum atomic E-state index is -0.561. The molecule has 1 aliphatic carbocycles. The summed E-state index contributed by atoms with van der Waals surface area (Å²) < 4.78 is 19.7. The fraction of sp³-hybridized carbons (Fsp3) is 0.429. The smallest absolute Gasteiger partial charge is 0.126 e. The topological polar surface area (TPSA) is 41.5 Å². The Bertz CT molecular complexity index is 691. The molecular formula is C21H26FNO2. The van der Waals surface area contributed by atoms with Gasteiger partial charge in [0, 0.05) is 6.04 Å². The molecule has 0 aliphatic heterocycles. The molecule has 0 heterocycles. The maximum atomic E-state index is 13.7. The average molecular weight is 343 g/mol. The van der Waals surface area contributed by atoms with Gasteiger partial charge in [-0.3, -0.25) is 0 Å². The van der Waals surface area contributed by atoms with Crippen LogP contribution in [-0.4, -0.2) is 29.9 Å². The van der Waals surface area contributed by atoms with Crippen LogP contribution in [0, 0.1) is 12.7 Å². The van der Waals surface area contributed by atoms with E-state index >= 15 is 0 Å². The summed E-state index contributed by atoms with van der Waals surface area (Å²) in [5.74, 6) is 0.660. The van der Waals surface area contributed by atoms with Gasteiger partial charge >= 0.3 is 0 Å². The molecule has 25 heavy (non-hydrogen) atoms. The molecule has 2 aromatic carbocycles. The van der Waals surface area contributed by atoms with Crippen LogP contribution in [0.3, 0.4) is 0 Å². The van der Waals surface area contributed by atoms with Crippen LogP contribution in [0.15, 0.2) is 48.5 Å². The molecular weight excluding hydrogens is 317 g/mol. The minimum Gasteiger partial charge on any atom is -0.487 e. The first-order valence-electron chi connectivity index (χ1n) is 9.02. The fourth-order valence-electron chi connectivity index (χ4n) is 3.44. The van der Waals surface area contributed by atoms with Gasteiger partial charge in [-0.05, 0) is 62.4 Å². The Morgan fingerprint density at radius 2 is 1.88 bits per heavy atom. The second-order valence-corrected chi connectivity index (χ2v) is 6.75. The Morgan fingerprint density at radius 1 is 1.12 bits per heavy atom. The lowest BCUT2D eigenvalue weighted by Crippen LogP contribution is -2.51. The normalized spacial score (nSPS) is 23.4. The van der Waals surface area contributed by atoms with Crippen LogP contribution in [0.5, 0.6) is 5.75 Å². The van der Waals surface area contributed by atoms with Crippen molar-refractivity contribution < 1.29 is 14.2 Å². The standard InChI is InChI=1S/C21H26FNO2/c1-15-7-2-5-11-19(15)25-20-12-6-10-18(21(20)24)23-14-13-16-8-3-4-9-17(16)22/h2-5,7-9,11,18,20-21,23-24H,6,10,12-14H2,1H3/t18-,20+,21+/m0/s1. The highest BCUT2D eigenvalue weighted by Gasteiger charge is 2.33. The Morgan fingerprint density at radius 3 is 2.68 bits per heavy atom. The van der Waals surface area contributed by atoms with Gasteiger partial charge in [0.25, 0.3) is 0 Å². The minimum absolute atomic E-state index is 0.0189. The predicted molar refractivity (Wildman–Crippen MR) is 97.3 cm³/mol. The second kappa shape index (κ2) is 8.45. The number of ether oxygens (including phenoxy) is 1. The van der Waals surface area contributed by atoms with Gasteiger partial charge in [-0.1, -0.05) is 36.4 Å². The van der Waals surface area contributed by atoms with E-state index in [4.69, 9.17) is 4.74 Å². The van der Waals surface area contributed by atoms with Crippen LogP contribution in [0.25, 0.3) is 0 Å². The number of para-hydroxylation sites is 1. The van der Waals surface area contributed by atoms with Gasteiger partial charge in [0.1, 0.15) is 23.8 Å². The van der Waals surface area contributed by atoms with Crippen molar-refractivity contribution in [2.75, 3.05) is 6.54 Å². The molecule has 1 fully saturated rings. The van der Waals surface area contributed by atoms with Crippen LogP contribution in [-0.2, 0) is 6.42 Å². The quantitative estimate of drug-likeness (QED) is 0.842. The summed E-state index contributed by atoms with van der Waals surface area (Å²) in [6.07, 6.45) is 2.60. The molecule has 0 bridgehead atoms. The van der Waals surface area contributed by atoms with E-state index in [2.05, 4.69) is 5.32 Å². The Hall–Kier alpha value is -1.91. The molecule has 4 heteroatoms. The molecule has 0 spiro atoms. The third kappa shape index (κ3) is 4.59. The summed E-state index contributed by atoms with van der Waals surface area (Å²) in [6, 6.07) is 14.7. The molecule has 3 atom stereocenters. The number of halogens is 1. The Labute approximate surface area is 148 Å². The first-order valence-corrected chi connectivity index (χ1v) is 9.02. The van der Waals surface area contributed by atoms with E-state index in [1.54, 1.807) is 12.1 Å². The zero-order valence-corrected chi connectivity index (χ0v) is 14.6. The first-order chi connectivity index (χ1) is 12.1. The predicted octanol–water partition coefficient (Wildman–Crippen LogP) is 3.63. The highest BCUT2D eigenvalue weighted by molar-refractivity contribution is 5.32. The summed E-state index contributed by atoms with van der Waals surface area (Å²) in [7, 11) is 0. The molecule has 1 aliphatic rings. The number of rotatable bonds is 6. The molecule has 2 aromatic rings. The number of aryl methyl sites for hydroxylation is 1. The van der Waals surface area contributed by atoms with Crippen molar-refractivity contribution >= 4 is 0 Å². The molecule has 134 valence electrons. The third-order valence-electron chi connectivity index (χ3n) is 4.93. The third-order valence-corrected chi connectivity index (χ3v) is 4.93. The van der Waals surface area contributed by atoms with E-state index in [1.807, 2.05) is 37.3 Å². The van der Waals surface area contributed by atoms with Gasteiger partial charge in [-0.15, -0.1) is 0 Å². The molecule has 0 unspecified atom stereocenters. The molecule has 0 amide bonds. The largest absolute Gasteiger partial charge is 0.487 e. The van der Waals surface area contributed by atoms with Crippen LogP contribution >= 0.6 is 0 Å². The summed E-state index contributed by atoms with van der Waals surface area (Å²) in [5.41, 5.74) is 1.78. The van der Waals surface area contributed by atoms with E-state index in [-0.39, 0.29) is 18.0 Å². The van der Waals surface area contributed by atoms with Crippen LogP contribution in [0.1, 0.15) is 30.4 Å². The van der Waals surface area contributed by atoms with E-state index in [1.165, 1.54) is 6.07 Å². The van der Waals surface area contributed by atoms with Crippen LogP contribution in [0.2, 0.25) is 0 Å². The van der Waals surface area contributed by atoms with E-state index < -0.39 is 6.10 Å². The fourth-order valence-corrected chi connectivity index (χ4v) is 3.44. The van der Waals surface area contributed by atoms with Gasteiger partial charge < -0.3 is 15.2 Å². The lowest BCUT2D eigenvalue weighted by molar-refractivity contribution is -0.0154. The van der Waals surface area contributed by atoms with E-state index in [0.717, 1.165) is 30.6 Å².